The first kappa shape index (κ1) is 13.3. The Morgan fingerprint density at radius 3 is 2.56 bits per heavy atom. The highest BCUT2D eigenvalue weighted by atomic mass is 16.7. The Morgan fingerprint density at radius 2 is 1.94 bits per heavy atom. The first-order valence-electron chi connectivity index (χ1n) is 6.30. The number of rotatable bonds is 5. The molecular formula is C14H21NO3. The Hall–Kier alpha value is -1.10. The van der Waals surface area contributed by atoms with Gasteiger partial charge in [0.15, 0.2) is 6.29 Å². The molecule has 1 aliphatic rings. The minimum atomic E-state index is -0.274. The van der Waals surface area contributed by atoms with Gasteiger partial charge in [0.25, 0.3) is 0 Å². The first-order valence-corrected chi connectivity index (χ1v) is 6.30. The van der Waals surface area contributed by atoms with Gasteiger partial charge in [0.05, 0.1) is 6.10 Å². The van der Waals surface area contributed by atoms with Crippen molar-refractivity contribution in [1.82, 2.24) is 0 Å². The Morgan fingerprint density at radius 1 is 1.28 bits per heavy atom. The van der Waals surface area contributed by atoms with E-state index in [1.54, 1.807) is 14.2 Å². The Labute approximate surface area is 108 Å². The van der Waals surface area contributed by atoms with E-state index in [0.29, 0.717) is 6.54 Å². The van der Waals surface area contributed by atoms with Crippen LogP contribution in [0.25, 0.3) is 0 Å². The van der Waals surface area contributed by atoms with Crippen LogP contribution in [-0.4, -0.2) is 44.3 Å². The van der Waals surface area contributed by atoms with E-state index in [-0.39, 0.29) is 18.4 Å². The molecule has 100 valence electrons. The van der Waals surface area contributed by atoms with Crippen LogP contribution in [-0.2, 0) is 9.47 Å². The monoisotopic (exact) mass is 251 g/mol. The Bertz CT molecular complexity index is 353. The number of aliphatic hydroxyl groups is 1. The van der Waals surface area contributed by atoms with E-state index < -0.39 is 0 Å². The van der Waals surface area contributed by atoms with Gasteiger partial charge >= 0.3 is 0 Å². The molecular weight excluding hydrogens is 230 g/mol. The fraction of sp³-hybridized carbons (Fsp3) is 0.571. The quantitative estimate of drug-likeness (QED) is 0.808. The van der Waals surface area contributed by atoms with Gasteiger partial charge in [-0.3, -0.25) is 0 Å². The van der Waals surface area contributed by atoms with E-state index in [9.17, 15) is 5.11 Å². The number of aliphatic hydroxyl groups excluding tert-OH is 1. The van der Waals surface area contributed by atoms with Crippen LogP contribution in [0.15, 0.2) is 30.3 Å². The zero-order valence-corrected chi connectivity index (χ0v) is 11.0. The van der Waals surface area contributed by atoms with Crippen LogP contribution in [0.4, 0.5) is 5.69 Å². The van der Waals surface area contributed by atoms with Gasteiger partial charge in [-0.25, -0.2) is 0 Å². The first-order chi connectivity index (χ1) is 8.74. The molecule has 18 heavy (non-hydrogen) atoms. The number of methoxy groups -OCH3 is 2. The lowest BCUT2D eigenvalue weighted by Crippen LogP contribution is -2.33. The van der Waals surface area contributed by atoms with Crippen molar-refractivity contribution in [2.24, 2.45) is 0 Å². The zero-order chi connectivity index (χ0) is 13.0. The highest BCUT2D eigenvalue weighted by molar-refractivity contribution is 5.48. The molecule has 2 atom stereocenters. The number of nitrogens with zero attached hydrogens (tertiary/aromatic N) is 1. The average molecular weight is 251 g/mol. The molecule has 0 aliphatic carbocycles. The van der Waals surface area contributed by atoms with Crippen LogP contribution in [0.2, 0.25) is 0 Å². The average Bonchev–Trinajstić information content (AvgIpc) is 2.78. The Balaban J connectivity index is 2.08. The number of para-hydroxylation sites is 1. The van der Waals surface area contributed by atoms with Crippen LogP contribution in [0.3, 0.4) is 0 Å². The van der Waals surface area contributed by atoms with Crippen molar-refractivity contribution in [1.29, 1.82) is 0 Å². The molecule has 0 radical (unpaired) electrons. The molecule has 1 aromatic carbocycles. The number of hydrogen-bond donors (Lipinski definition) is 1. The van der Waals surface area contributed by atoms with Gasteiger partial charge in [0, 0.05) is 38.9 Å². The van der Waals surface area contributed by atoms with Gasteiger partial charge in [0.2, 0.25) is 0 Å². The predicted molar refractivity (Wildman–Crippen MR) is 70.6 cm³/mol. The van der Waals surface area contributed by atoms with Crippen LogP contribution in [0.1, 0.15) is 12.8 Å². The number of β-amino-alcohol motifs (C(OH)–C–C–N with tert-alkyl or cyclic N) is 1. The molecule has 0 saturated carbocycles. The summed E-state index contributed by atoms with van der Waals surface area (Å²) >= 11 is 0. The molecule has 2 rings (SSSR count). The SMILES string of the molecule is COC(CC1CC(O)CN1c1ccccc1)OC. The van der Waals surface area contributed by atoms with Crippen LogP contribution >= 0.6 is 0 Å². The maximum absolute atomic E-state index is 9.87. The summed E-state index contributed by atoms with van der Waals surface area (Å²) < 4.78 is 10.5. The van der Waals surface area contributed by atoms with E-state index in [1.165, 1.54) is 0 Å². The van der Waals surface area contributed by atoms with Gasteiger partial charge in [0.1, 0.15) is 0 Å². The fourth-order valence-corrected chi connectivity index (χ4v) is 2.56. The summed E-state index contributed by atoms with van der Waals surface area (Å²) in [5.74, 6) is 0. The van der Waals surface area contributed by atoms with E-state index in [1.807, 2.05) is 18.2 Å². The number of hydrogen-bond acceptors (Lipinski definition) is 4. The van der Waals surface area contributed by atoms with Crippen molar-refractivity contribution in [3.63, 3.8) is 0 Å². The minimum Gasteiger partial charge on any atom is -0.391 e. The predicted octanol–water partition coefficient (Wildman–Crippen LogP) is 1.64. The van der Waals surface area contributed by atoms with Crippen molar-refractivity contribution >= 4 is 5.69 Å². The lowest BCUT2D eigenvalue weighted by atomic mass is 10.1. The van der Waals surface area contributed by atoms with Crippen molar-refractivity contribution in [2.75, 3.05) is 25.7 Å². The van der Waals surface area contributed by atoms with E-state index in [0.717, 1.165) is 18.5 Å². The van der Waals surface area contributed by atoms with Crippen molar-refractivity contribution in [3.8, 4) is 0 Å². The van der Waals surface area contributed by atoms with E-state index in [4.69, 9.17) is 9.47 Å². The molecule has 1 aromatic rings. The van der Waals surface area contributed by atoms with Crippen LogP contribution in [0.5, 0.6) is 0 Å². The molecule has 4 heteroatoms. The standard InChI is InChI=1S/C14H21NO3/c1-17-14(18-2)9-12-8-13(16)10-15(12)11-6-4-3-5-7-11/h3-7,12-14,16H,8-10H2,1-2H3. The molecule has 1 heterocycles. The summed E-state index contributed by atoms with van der Waals surface area (Å²) in [6, 6.07) is 10.4. The van der Waals surface area contributed by atoms with Crippen molar-refractivity contribution in [3.05, 3.63) is 30.3 Å². The second-order valence-electron chi connectivity index (χ2n) is 4.67. The molecule has 0 aromatic heterocycles. The number of ether oxygens (including phenoxy) is 2. The minimum absolute atomic E-state index is 0.216. The largest absolute Gasteiger partial charge is 0.391 e. The summed E-state index contributed by atoms with van der Waals surface area (Å²) in [5, 5.41) is 9.87. The second-order valence-corrected chi connectivity index (χ2v) is 4.67. The highest BCUT2D eigenvalue weighted by Crippen LogP contribution is 2.28. The fourth-order valence-electron chi connectivity index (χ4n) is 2.56. The summed E-state index contributed by atoms with van der Waals surface area (Å²) in [6.07, 6.45) is 1.04. The maximum atomic E-state index is 9.87. The third-order valence-electron chi connectivity index (χ3n) is 3.47. The van der Waals surface area contributed by atoms with Gasteiger partial charge in [-0.2, -0.15) is 0 Å². The third kappa shape index (κ3) is 3.02. The van der Waals surface area contributed by atoms with Crippen molar-refractivity contribution < 1.29 is 14.6 Å². The van der Waals surface area contributed by atoms with Gasteiger partial charge in [-0.05, 0) is 18.6 Å². The smallest absolute Gasteiger partial charge is 0.158 e. The third-order valence-corrected chi connectivity index (χ3v) is 3.47. The molecule has 4 nitrogen and oxygen atoms in total. The topological polar surface area (TPSA) is 41.9 Å². The van der Waals surface area contributed by atoms with Gasteiger partial charge < -0.3 is 19.5 Å². The molecule has 0 bridgehead atoms. The van der Waals surface area contributed by atoms with Crippen LogP contribution < -0.4 is 4.90 Å². The van der Waals surface area contributed by atoms with E-state index in [2.05, 4.69) is 17.0 Å². The molecule has 2 unspecified atom stereocenters. The zero-order valence-electron chi connectivity index (χ0n) is 11.0. The highest BCUT2D eigenvalue weighted by Gasteiger charge is 2.32. The van der Waals surface area contributed by atoms with Gasteiger partial charge in [-0.15, -0.1) is 0 Å². The molecule has 0 amide bonds. The molecule has 1 fully saturated rings. The van der Waals surface area contributed by atoms with E-state index >= 15 is 0 Å². The van der Waals surface area contributed by atoms with Crippen molar-refractivity contribution in [2.45, 2.75) is 31.3 Å². The normalized spacial score (nSPS) is 23.9. The molecule has 1 N–H and O–H groups in total. The summed E-state index contributed by atoms with van der Waals surface area (Å²) in [7, 11) is 3.29. The Kier molecular flexibility index (Phi) is 4.58. The molecule has 1 saturated heterocycles. The summed E-state index contributed by atoms with van der Waals surface area (Å²) in [6.45, 7) is 0.675. The second kappa shape index (κ2) is 6.18. The summed E-state index contributed by atoms with van der Waals surface area (Å²) in [5.41, 5.74) is 1.14. The molecule has 0 spiro atoms. The summed E-state index contributed by atoms with van der Waals surface area (Å²) in [4.78, 5) is 2.23. The lowest BCUT2D eigenvalue weighted by Gasteiger charge is -2.28. The number of anilines is 1. The maximum Gasteiger partial charge on any atom is 0.158 e. The van der Waals surface area contributed by atoms with Crippen LogP contribution in [0, 0.1) is 0 Å². The lowest BCUT2D eigenvalue weighted by molar-refractivity contribution is -0.109. The van der Waals surface area contributed by atoms with Gasteiger partial charge in [-0.1, -0.05) is 18.2 Å². The molecule has 1 aliphatic heterocycles. The number of benzene rings is 1.